The third-order valence-corrected chi connectivity index (χ3v) is 5.64. The SMILES string of the molecule is CCCOc1ccc(C2/C(=C(\O)c3cc(Cl)cc(Cl)c3OC)C(=O)C(=O)N2CCC)cc1. The molecule has 1 amide bonds. The third kappa shape index (κ3) is 4.57. The van der Waals surface area contributed by atoms with Crippen molar-refractivity contribution in [3.8, 4) is 11.5 Å². The van der Waals surface area contributed by atoms with Crippen molar-refractivity contribution in [3.63, 3.8) is 0 Å². The lowest BCUT2D eigenvalue weighted by atomic mass is 9.95. The standard InChI is InChI=1S/C24H25Cl2NO5/c1-4-10-27-20(14-6-8-16(9-7-14)32-11-5-2)19(22(29)24(27)30)21(28)17-12-15(25)13-18(26)23(17)31-3/h6-9,12-13,20,28H,4-5,10-11H2,1-3H3/b21-19+. The minimum atomic E-state index is -0.773. The molecule has 1 aliphatic heterocycles. The average molecular weight is 478 g/mol. The first kappa shape index (κ1) is 24.0. The predicted molar refractivity (Wildman–Crippen MR) is 125 cm³/mol. The van der Waals surface area contributed by atoms with E-state index in [0.29, 0.717) is 30.9 Å². The third-order valence-electron chi connectivity index (χ3n) is 5.14. The molecule has 170 valence electrons. The van der Waals surface area contributed by atoms with Crippen molar-refractivity contribution < 1.29 is 24.2 Å². The number of methoxy groups -OCH3 is 1. The Morgan fingerprint density at radius 3 is 2.38 bits per heavy atom. The summed E-state index contributed by atoms with van der Waals surface area (Å²) in [4.78, 5) is 27.3. The number of carbonyl (C=O) groups excluding carboxylic acids is 2. The lowest BCUT2D eigenvalue weighted by Crippen LogP contribution is -2.30. The molecule has 1 aliphatic rings. The largest absolute Gasteiger partial charge is 0.507 e. The van der Waals surface area contributed by atoms with Crippen LogP contribution >= 0.6 is 23.2 Å². The van der Waals surface area contributed by atoms with Crippen LogP contribution in [0.3, 0.4) is 0 Å². The number of likely N-dealkylation sites (tertiary alicyclic amines) is 1. The Labute approximate surface area is 197 Å². The number of amides is 1. The number of halogens is 2. The maximum absolute atomic E-state index is 13.0. The van der Waals surface area contributed by atoms with Gasteiger partial charge < -0.3 is 19.5 Å². The molecule has 0 bridgehead atoms. The van der Waals surface area contributed by atoms with E-state index in [0.717, 1.165) is 6.42 Å². The Morgan fingerprint density at radius 2 is 1.78 bits per heavy atom. The van der Waals surface area contributed by atoms with E-state index < -0.39 is 17.7 Å². The molecule has 8 heteroatoms. The number of rotatable bonds is 8. The molecular weight excluding hydrogens is 453 g/mol. The minimum absolute atomic E-state index is 0.0395. The van der Waals surface area contributed by atoms with Gasteiger partial charge in [0.2, 0.25) is 0 Å². The number of carbonyl (C=O) groups is 2. The Morgan fingerprint density at radius 1 is 1.09 bits per heavy atom. The van der Waals surface area contributed by atoms with E-state index in [-0.39, 0.29) is 32.7 Å². The number of hydrogen-bond acceptors (Lipinski definition) is 5. The van der Waals surface area contributed by atoms with Crippen LogP contribution in [0.4, 0.5) is 0 Å². The summed E-state index contributed by atoms with van der Waals surface area (Å²) in [6.45, 7) is 4.87. The van der Waals surface area contributed by atoms with E-state index in [4.69, 9.17) is 32.7 Å². The summed E-state index contributed by atoms with van der Waals surface area (Å²) >= 11 is 12.4. The van der Waals surface area contributed by atoms with Gasteiger partial charge in [-0.1, -0.05) is 49.2 Å². The normalized spacial score (nSPS) is 17.7. The molecule has 1 atom stereocenters. The number of aliphatic hydroxyl groups excluding tert-OH is 1. The maximum atomic E-state index is 13.0. The van der Waals surface area contributed by atoms with Gasteiger partial charge >= 0.3 is 0 Å². The number of nitrogens with zero attached hydrogens (tertiary/aromatic N) is 1. The molecule has 6 nitrogen and oxygen atoms in total. The van der Waals surface area contributed by atoms with Gasteiger partial charge in [-0.2, -0.15) is 0 Å². The van der Waals surface area contributed by atoms with Crippen molar-refractivity contribution in [1.29, 1.82) is 0 Å². The van der Waals surface area contributed by atoms with Crippen LogP contribution in [-0.4, -0.2) is 42.0 Å². The molecule has 1 saturated heterocycles. The van der Waals surface area contributed by atoms with Crippen LogP contribution in [0.5, 0.6) is 11.5 Å². The summed E-state index contributed by atoms with van der Waals surface area (Å²) < 4.78 is 11.0. The molecule has 2 aromatic carbocycles. The van der Waals surface area contributed by atoms with Gasteiger partial charge in [-0.3, -0.25) is 9.59 Å². The lowest BCUT2D eigenvalue weighted by molar-refractivity contribution is -0.139. The summed E-state index contributed by atoms with van der Waals surface area (Å²) in [5.74, 6) is -0.981. The minimum Gasteiger partial charge on any atom is -0.507 e. The van der Waals surface area contributed by atoms with Crippen LogP contribution in [0.1, 0.15) is 43.9 Å². The number of ketones is 1. The summed E-state index contributed by atoms with van der Waals surface area (Å²) in [6.07, 6.45) is 1.52. The van der Waals surface area contributed by atoms with Crippen LogP contribution in [0.15, 0.2) is 42.0 Å². The number of benzene rings is 2. The zero-order valence-corrected chi connectivity index (χ0v) is 19.7. The summed E-state index contributed by atoms with van der Waals surface area (Å²) in [5, 5.41) is 11.7. The monoisotopic (exact) mass is 477 g/mol. The molecule has 0 spiro atoms. The lowest BCUT2D eigenvalue weighted by Gasteiger charge is -2.25. The van der Waals surface area contributed by atoms with E-state index in [1.165, 1.54) is 24.1 Å². The summed E-state index contributed by atoms with van der Waals surface area (Å²) in [7, 11) is 1.40. The Balaban J connectivity index is 2.18. The van der Waals surface area contributed by atoms with E-state index in [1.54, 1.807) is 24.3 Å². The molecule has 0 aromatic heterocycles. The van der Waals surface area contributed by atoms with Crippen molar-refractivity contribution in [1.82, 2.24) is 4.90 Å². The van der Waals surface area contributed by atoms with Crippen LogP contribution in [0.25, 0.3) is 5.76 Å². The summed E-state index contributed by atoms with van der Waals surface area (Å²) in [5.41, 5.74) is 0.782. The molecular formula is C24H25Cl2NO5. The van der Waals surface area contributed by atoms with Crippen LogP contribution in [0.2, 0.25) is 10.0 Å². The zero-order chi connectivity index (χ0) is 23.4. The highest BCUT2D eigenvalue weighted by atomic mass is 35.5. The number of hydrogen-bond donors (Lipinski definition) is 1. The second kappa shape index (κ2) is 10.3. The Hall–Kier alpha value is -2.70. The van der Waals surface area contributed by atoms with Gasteiger partial charge in [0, 0.05) is 11.6 Å². The molecule has 0 radical (unpaired) electrons. The second-order valence-electron chi connectivity index (χ2n) is 7.38. The fraction of sp³-hybridized carbons (Fsp3) is 0.333. The van der Waals surface area contributed by atoms with E-state index in [9.17, 15) is 14.7 Å². The van der Waals surface area contributed by atoms with Crippen molar-refractivity contribution in [2.75, 3.05) is 20.3 Å². The molecule has 2 aromatic rings. The molecule has 1 unspecified atom stereocenters. The number of ether oxygens (including phenoxy) is 2. The molecule has 0 saturated carbocycles. The first-order valence-electron chi connectivity index (χ1n) is 10.4. The Kier molecular flexibility index (Phi) is 7.69. The molecule has 1 fully saturated rings. The first-order chi connectivity index (χ1) is 15.3. The fourth-order valence-corrected chi connectivity index (χ4v) is 4.32. The van der Waals surface area contributed by atoms with Crippen molar-refractivity contribution in [3.05, 3.63) is 63.1 Å². The highest BCUT2D eigenvalue weighted by molar-refractivity contribution is 6.46. The average Bonchev–Trinajstić information content (AvgIpc) is 3.02. The molecule has 0 aliphatic carbocycles. The Bertz CT molecular complexity index is 1050. The highest BCUT2D eigenvalue weighted by Crippen LogP contribution is 2.43. The second-order valence-corrected chi connectivity index (χ2v) is 8.22. The topological polar surface area (TPSA) is 76.1 Å². The van der Waals surface area contributed by atoms with Gasteiger partial charge in [0.05, 0.1) is 35.9 Å². The quantitative estimate of drug-likeness (QED) is 0.303. The predicted octanol–water partition coefficient (Wildman–Crippen LogP) is 5.62. The van der Waals surface area contributed by atoms with Gasteiger partial charge in [-0.05, 0) is 42.7 Å². The van der Waals surface area contributed by atoms with Gasteiger partial charge in [-0.15, -0.1) is 0 Å². The zero-order valence-electron chi connectivity index (χ0n) is 18.2. The van der Waals surface area contributed by atoms with Crippen LogP contribution < -0.4 is 9.47 Å². The number of aliphatic hydroxyl groups is 1. The van der Waals surface area contributed by atoms with Crippen LogP contribution in [0, 0.1) is 0 Å². The van der Waals surface area contributed by atoms with Crippen molar-refractivity contribution in [2.24, 2.45) is 0 Å². The fourth-order valence-electron chi connectivity index (χ4n) is 3.75. The van der Waals surface area contributed by atoms with Gasteiger partial charge in [0.15, 0.2) is 0 Å². The highest BCUT2D eigenvalue weighted by Gasteiger charge is 2.46. The van der Waals surface area contributed by atoms with Gasteiger partial charge in [-0.25, -0.2) is 0 Å². The maximum Gasteiger partial charge on any atom is 0.295 e. The van der Waals surface area contributed by atoms with Gasteiger partial charge in [0.25, 0.3) is 11.7 Å². The smallest absolute Gasteiger partial charge is 0.295 e. The van der Waals surface area contributed by atoms with Gasteiger partial charge in [0.1, 0.15) is 17.3 Å². The molecule has 3 rings (SSSR count). The van der Waals surface area contributed by atoms with Crippen molar-refractivity contribution >= 4 is 40.7 Å². The number of Topliss-reactive ketones (excluding diaryl/α,β-unsaturated/α-hetero) is 1. The van der Waals surface area contributed by atoms with Crippen LogP contribution in [-0.2, 0) is 9.59 Å². The van der Waals surface area contributed by atoms with E-state index >= 15 is 0 Å². The molecule has 1 N–H and O–H groups in total. The van der Waals surface area contributed by atoms with Crippen molar-refractivity contribution in [2.45, 2.75) is 32.7 Å². The first-order valence-corrected chi connectivity index (χ1v) is 11.1. The molecule has 32 heavy (non-hydrogen) atoms. The van der Waals surface area contributed by atoms with E-state index in [2.05, 4.69) is 0 Å². The molecule has 1 heterocycles. The summed E-state index contributed by atoms with van der Waals surface area (Å²) in [6, 6.07) is 9.31. The van der Waals surface area contributed by atoms with E-state index in [1.807, 2.05) is 13.8 Å².